The van der Waals surface area contributed by atoms with E-state index >= 15 is 0 Å². The summed E-state index contributed by atoms with van der Waals surface area (Å²) in [6.07, 6.45) is 5.36. The van der Waals surface area contributed by atoms with Gasteiger partial charge < -0.3 is 15.2 Å². The van der Waals surface area contributed by atoms with E-state index in [4.69, 9.17) is 0 Å². The minimum Gasteiger partial charge on any atom is -0.356 e. The fourth-order valence-electron chi connectivity index (χ4n) is 4.88. The highest BCUT2D eigenvalue weighted by atomic mass is 19.1. The highest BCUT2D eigenvalue weighted by Crippen LogP contribution is 2.30. The predicted molar refractivity (Wildman–Crippen MR) is 139 cm³/mol. The molecule has 0 bridgehead atoms. The van der Waals surface area contributed by atoms with Crippen molar-refractivity contribution in [3.63, 3.8) is 0 Å². The normalized spacial score (nSPS) is 13.1. The smallest absolute Gasteiger partial charge is 0.251 e. The third-order valence-corrected chi connectivity index (χ3v) is 6.86. The molecule has 0 spiro atoms. The number of Topliss-reactive ketones (excluding diaryl/α,β-unsaturated/α-hetero) is 1. The van der Waals surface area contributed by atoms with Crippen molar-refractivity contribution in [2.45, 2.75) is 46.0 Å². The maximum Gasteiger partial charge on any atom is 0.251 e. The Bertz CT molecular complexity index is 1300. The number of allylic oxidation sites excluding steroid dienone is 1. The van der Waals surface area contributed by atoms with Gasteiger partial charge in [0.25, 0.3) is 5.91 Å². The lowest BCUT2D eigenvalue weighted by molar-refractivity contribution is -0.115. The van der Waals surface area contributed by atoms with Crippen molar-refractivity contribution >= 4 is 28.7 Å². The number of nitrogens with zero attached hydrogens (tertiary/aromatic N) is 1. The van der Waals surface area contributed by atoms with Gasteiger partial charge >= 0.3 is 0 Å². The number of H-pyrrole nitrogens is 1. The first-order valence-electron chi connectivity index (χ1n) is 12.3. The number of amides is 1. The summed E-state index contributed by atoms with van der Waals surface area (Å²) in [7, 11) is 3.94. The summed E-state index contributed by atoms with van der Waals surface area (Å²) in [5.74, 6) is -0.188. The monoisotopic (exact) mass is 475 g/mol. The third-order valence-electron chi connectivity index (χ3n) is 6.86. The Hall–Kier alpha value is -3.25. The van der Waals surface area contributed by atoms with Gasteiger partial charge in [-0.2, -0.15) is 0 Å². The van der Waals surface area contributed by atoms with Gasteiger partial charge in [0.1, 0.15) is 5.82 Å². The molecule has 4 rings (SSSR count). The average molecular weight is 476 g/mol. The van der Waals surface area contributed by atoms with Gasteiger partial charge in [-0.3, -0.25) is 9.59 Å². The summed E-state index contributed by atoms with van der Waals surface area (Å²) in [6.45, 7) is 5.32. The van der Waals surface area contributed by atoms with E-state index in [1.165, 1.54) is 11.6 Å². The fraction of sp³-hybridized carbons (Fsp3) is 0.379. The second-order valence-corrected chi connectivity index (χ2v) is 9.76. The van der Waals surface area contributed by atoms with Crippen LogP contribution >= 0.6 is 0 Å². The first-order valence-corrected chi connectivity index (χ1v) is 12.3. The zero-order valence-corrected chi connectivity index (χ0v) is 21.1. The van der Waals surface area contributed by atoms with E-state index in [2.05, 4.69) is 10.3 Å². The molecule has 0 aliphatic heterocycles. The second kappa shape index (κ2) is 10.6. The van der Waals surface area contributed by atoms with Crippen molar-refractivity contribution in [3.05, 3.63) is 75.2 Å². The summed E-state index contributed by atoms with van der Waals surface area (Å²) in [4.78, 5) is 30.7. The van der Waals surface area contributed by atoms with Gasteiger partial charge in [-0.25, -0.2) is 4.39 Å². The topological polar surface area (TPSA) is 65.2 Å². The van der Waals surface area contributed by atoms with Crippen LogP contribution < -0.4 is 5.32 Å². The van der Waals surface area contributed by atoms with Gasteiger partial charge in [-0.15, -0.1) is 0 Å². The largest absolute Gasteiger partial charge is 0.356 e. The Morgan fingerprint density at radius 1 is 1.11 bits per heavy atom. The van der Waals surface area contributed by atoms with Gasteiger partial charge in [-0.1, -0.05) is 12.1 Å². The number of halogens is 1. The fourth-order valence-corrected chi connectivity index (χ4v) is 4.88. The Morgan fingerprint density at radius 2 is 1.91 bits per heavy atom. The summed E-state index contributed by atoms with van der Waals surface area (Å²) < 4.78 is 14.2. The number of aromatic amines is 1. The van der Waals surface area contributed by atoms with Crippen LogP contribution in [0.15, 0.2) is 35.9 Å². The molecule has 0 atom stereocenters. The molecule has 0 radical (unpaired) electrons. The molecule has 1 aliphatic carbocycles. The number of aryl methyl sites for hydroxylation is 4. The standard InChI is InChI=1S/C29H34FN3O2/c1-18-8-13-25(30)28-27(18)24(19(2)32-28)6-5-7-26(34)21-11-9-20-10-12-22(17-23(20)16-21)29(35)31-14-15-33(3)4/h8,10,12-13,16-17,32H,5-7,9,11,14-15H2,1-4H3,(H,31,35). The van der Waals surface area contributed by atoms with Gasteiger partial charge in [-0.05, 0) is 106 Å². The highest BCUT2D eigenvalue weighted by molar-refractivity contribution is 6.01. The Balaban J connectivity index is 1.41. The zero-order valence-electron chi connectivity index (χ0n) is 21.1. The van der Waals surface area contributed by atoms with Crippen molar-refractivity contribution in [2.75, 3.05) is 27.2 Å². The second-order valence-electron chi connectivity index (χ2n) is 9.76. The van der Waals surface area contributed by atoms with Crippen LogP contribution in [0.2, 0.25) is 0 Å². The SMILES string of the molecule is Cc1[nH]c2c(F)ccc(C)c2c1CCCC(=O)C1=Cc2cc(C(=O)NCCN(C)C)ccc2CC1. The van der Waals surface area contributed by atoms with Gasteiger partial charge in [0.05, 0.1) is 5.52 Å². The molecule has 3 aromatic rings. The van der Waals surface area contributed by atoms with E-state index in [1.54, 1.807) is 6.07 Å². The molecule has 0 unspecified atom stereocenters. The first-order chi connectivity index (χ1) is 16.7. The molecule has 5 nitrogen and oxygen atoms in total. The number of hydrogen-bond donors (Lipinski definition) is 2. The maximum atomic E-state index is 14.2. The number of aromatic nitrogens is 1. The summed E-state index contributed by atoms with van der Waals surface area (Å²) >= 11 is 0. The number of hydrogen-bond acceptors (Lipinski definition) is 3. The molecule has 6 heteroatoms. The Labute approximate surface area is 206 Å². The number of fused-ring (bicyclic) bond motifs is 2. The minimum absolute atomic E-state index is 0.0951. The number of nitrogens with one attached hydrogen (secondary N) is 2. The molecule has 0 fully saturated rings. The van der Waals surface area contributed by atoms with Gasteiger partial charge in [0.2, 0.25) is 0 Å². The van der Waals surface area contributed by atoms with Crippen LogP contribution in [0.4, 0.5) is 4.39 Å². The molecule has 0 saturated heterocycles. The molecular formula is C29H34FN3O2. The quantitative estimate of drug-likeness (QED) is 0.451. The Kier molecular flexibility index (Phi) is 7.51. The lowest BCUT2D eigenvalue weighted by Crippen LogP contribution is -2.31. The number of benzene rings is 2. The molecule has 0 saturated carbocycles. The number of carbonyl (C=O) groups excluding carboxylic acids is 2. The number of likely N-dealkylation sites (N-methyl/N-ethyl adjacent to an activating group) is 1. The van der Waals surface area contributed by atoms with Crippen LogP contribution in [-0.2, 0) is 17.6 Å². The predicted octanol–water partition coefficient (Wildman–Crippen LogP) is 5.14. The van der Waals surface area contributed by atoms with E-state index in [0.717, 1.165) is 59.2 Å². The van der Waals surface area contributed by atoms with E-state index in [-0.39, 0.29) is 17.5 Å². The first kappa shape index (κ1) is 24.9. The van der Waals surface area contributed by atoms with Crippen molar-refractivity contribution in [3.8, 4) is 0 Å². The third kappa shape index (κ3) is 5.54. The molecule has 1 aliphatic rings. The lowest BCUT2D eigenvalue weighted by Gasteiger charge is -2.17. The molecule has 1 amide bonds. The zero-order chi connectivity index (χ0) is 25.1. The van der Waals surface area contributed by atoms with Crippen molar-refractivity contribution in [1.82, 2.24) is 15.2 Å². The minimum atomic E-state index is -0.243. The van der Waals surface area contributed by atoms with Crippen LogP contribution in [0.1, 0.15) is 57.6 Å². The lowest BCUT2D eigenvalue weighted by atomic mass is 9.88. The molecule has 2 aromatic carbocycles. The van der Waals surface area contributed by atoms with E-state index in [9.17, 15) is 14.0 Å². The highest BCUT2D eigenvalue weighted by Gasteiger charge is 2.19. The van der Waals surface area contributed by atoms with E-state index in [0.29, 0.717) is 30.5 Å². The van der Waals surface area contributed by atoms with E-state index < -0.39 is 0 Å². The van der Waals surface area contributed by atoms with Crippen LogP contribution in [-0.4, -0.2) is 48.8 Å². The van der Waals surface area contributed by atoms with Crippen LogP contribution in [0, 0.1) is 19.7 Å². The summed E-state index contributed by atoms with van der Waals surface area (Å²) in [5, 5.41) is 3.88. The summed E-state index contributed by atoms with van der Waals surface area (Å²) in [6, 6.07) is 9.04. The van der Waals surface area contributed by atoms with Gasteiger partial charge in [0.15, 0.2) is 5.78 Å². The molecule has 1 heterocycles. The maximum absolute atomic E-state index is 14.2. The molecule has 2 N–H and O–H groups in total. The number of ketones is 1. The van der Waals surface area contributed by atoms with Crippen molar-refractivity contribution in [2.24, 2.45) is 0 Å². The van der Waals surface area contributed by atoms with Crippen LogP contribution in [0.3, 0.4) is 0 Å². The van der Waals surface area contributed by atoms with Gasteiger partial charge in [0, 0.05) is 36.2 Å². The molecular weight excluding hydrogens is 441 g/mol. The van der Waals surface area contributed by atoms with E-state index in [1.807, 2.05) is 57.1 Å². The molecule has 35 heavy (non-hydrogen) atoms. The van der Waals surface area contributed by atoms with Crippen LogP contribution in [0.25, 0.3) is 17.0 Å². The Morgan fingerprint density at radius 3 is 2.69 bits per heavy atom. The number of rotatable bonds is 9. The van der Waals surface area contributed by atoms with Crippen molar-refractivity contribution in [1.29, 1.82) is 0 Å². The molecule has 1 aromatic heterocycles. The van der Waals surface area contributed by atoms with Crippen LogP contribution in [0.5, 0.6) is 0 Å². The average Bonchev–Trinajstić information content (AvgIpc) is 3.17. The number of carbonyl (C=O) groups is 2. The van der Waals surface area contributed by atoms with Crippen molar-refractivity contribution < 1.29 is 14.0 Å². The summed E-state index contributed by atoms with van der Waals surface area (Å²) in [5.41, 5.74) is 7.21. The molecule has 184 valence electrons.